The van der Waals surface area contributed by atoms with E-state index >= 15 is 0 Å². The minimum atomic E-state index is -1.48. The van der Waals surface area contributed by atoms with Gasteiger partial charge in [0.1, 0.15) is 0 Å². The van der Waals surface area contributed by atoms with Crippen molar-refractivity contribution in [3.8, 4) is 0 Å². The van der Waals surface area contributed by atoms with Gasteiger partial charge >= 0.3 is 69.5 Å². The van der Waals surface area contributed by atoms with E-state index in [0.29, 0.717) is 25.0 Å². The van der Waals surface area contributed by atoms with E-state index in [1.165, 1.54) is 38.5 Å². The molecular formula is C32H54O8Sn. The third-order valence-corrected chi connectivity index (χ3v) is 10.2. The average molecular weight is 685 g/mol. The minimum absolute atomic E-state index is 0.149. The van der Waals surface area contributed by atoms with Gasteiger partial charge in [-0.2, -0.15) is 0 Å². The molecule has 8 nitrogen and oxygen atoms in total. The van der Waals surface area contributed by atoms with E-state index in [2.05, 4.69) is 27.7 Å². The van der Waals surface area contributed by atoms with Gasteiger partial charge in [-0.05, 0) is 49.0 Å². The Labute approximate surface area is 259 Å². The Bertz CT molecular complexity index is 671. The van der Waals surface area contributed by atoms with Crippen LogP contribution < -0.4 is 20.4 Å². The first-order valence-corrected chi connectivity index (χ1v) is 19.6. The molecule has 0 saturated carbocycles. The summed E-state index contributed by atoms with van der Waals surface area (Å²) < 4.78 is 3.25. The first-order chi connectivity index (χ1) is 19.6. The normalized spacial score (nSPS) is 11.1. The molecule has 9 heteroatoms. The predicted octanol–water partition coefficient (Wildman–Crippen LogP) is 3.45. The van der Waals surface area contributed by atoms with Crippen LogP contribution in [0.25, 0.3) is 0 Å². The Morgan fingerprint density at radius 3 is 1.02 bits per heavy atom. The number of carboxylic acids is 4. The van der Waals surface area contributed by atoms with Crippen LogP contribution in [-0.4, -0.2) is 45.0 Å². The van der Waals surface area contributed by atoms with Gasteiger partial charge in [-0.1, -0.05) is 78.1 Å². The van der Waals surface area contributed by atoms with E-state index in [1.54, 1.807) is 8.87 Å². The van der Waals surface area contributed by atoms with E-state index in [-0.39, 0.29) is 45.1 Å². The number of hydrogen-bond donors (Lipinski definition) is 0. The molecule has 0 amide bonds. The number of carbonyl (C=O) groups excluding carboxylic acids is 4. The Kier molecular flexibility index (Phi) is 36.5. The molecule has 0 unspecified atom stereocenters. The van der Waals surface area contributed by atoms with Crippen molar-refractivity contribution in [3.05, 3.63) is 23.3 Å². The molecule has 0 aliphatic carbocycles. The fourth-order valence-corrected chi connectivity index (χ4v) is 7.83. The summed E-state index contributed by atoms with van der Waals surface area (Å²) in [5.74, 6) is -5.80. The molecule has 0 aromatic heterocycles. The van der Waals surface area contributed by atoms with Gasteiger partial charge in [-0.25, -0.2) is 0 Å². The number of carboxylic acid groups (broad SMARTS) is 4. The van der Waals surface area contributed by atoms with Crippen LogP contribution in [0.15, 0.2) is 23.3 Å². The molecule has 0 aromatic carbocycles. The third kappa shape index (κ3) is 38.2. The summed E-state index contributed by atoms with van der Waals surface area (Å²) in [6.07, 6.45) is 19.8. The predicted molar refractivity (Wildman–Crippen MR) is 157 cm³/mol. The van der Waals surface area contributed by atoms with Crippen molar-refractivity contribution >= 4 is 45.0 Å². The number of unbranched alkanes of at least 4 members (excludes halogenated alkanes) is 12. The summed E-state index contributed by atoms with van der Waals surface area (Å²) in [6, 6.07) is 0. The van der Waals surface area contributed by atoms with Crippen LogP contribution in [0.3, 0.4) is 0 Å². The van der Waals surface area contributed by atoms with E-state index in [9.17, 15) is 39.6 Å². The first-order valence-electron chi connectivity index (χ1n) is 15.5. The van der Waals surface area contributed by atoms with Gasteiger partial charge in [0, 0.05) is 0 Å². The maximum absolute atomic E-state index is 10.5. The van der Waals surface area contributed by atoms with Crippen LogP contribution in [0, 0.1) is 0 Å². The van der Waals surface area contributed by atoms with Gasteiger partial charge in [0.25, 0.3) is 0 Å². The summed E-state index contributed by atoms with van der Waals surface area (Å²) in [5.41, 5.74) is -0.369. The van der Waals surface area contributed by atoms with Crippen LogP contribution >= 0.6 is 0 Å². The molecule has 0 spiro atoms. The monoisotopic (exact) mass is 686 g/mol. The third-order valence-electron chi connectivity index (χ3n) is 6.12. The zero-order valence-corrected chi connectivity index (χ0v) is 28.9. The summed E-state index contributed by atoms with van der Waals surface area (Å²) in [5, 5.41) is 41.5. The van der Waals surface area contributed by atoms with E-state index < -0.39 is 23.9 Å². The average Bonchev–Trinajstić information content (AvgIpc) is 2.91. The summed E-state index contributed by atoms with van der Waals surface area (Å²) in [4.78, 5) is 41.5. The second-order valence-electron chi connectivity index (χ2n) is 10.0. The van der Waals surface area contributed by atoms with Gasteiger partial charge in [0.15, 0.2) is 0 Å². The molecule has 0 aliphatic rings. The molecule has 0 aliphatic heterocycles. The Morgan fingerprint density at radius 2 is 0.756 bits per heavy atom. The van der Waals surface area contributed by atoms with Gasteiger partial charge < -0.3 is 39.6 Å². The topological polar surface area (TPSA) is 161 Å². The molecule has 0 atom stereocenters. The van der Waals surface area contributed by atoms with E-state index in [4.69, 9.17) is 0 Å². The van der Waals surface area contributed by atoms with Crippen LogP contribution in [0.4, 0.5) is 0 Å². The molecule has 0 saturated heterocycles. The maximum atomic E-state index is 10.5. The zero-order valence-electron chi connectivity index (χ0n) is 26.1. The van der Waals surface area contributed by atoms with Crippen molar-refractivity contribution in [2.75, 3.05) is 0 Å². The number of rotatable bonds is 24. The second kappa shape index (κ2) is 34.4. The van der Waals surface area contributed by atoms with Gasteiger partial charge in [-0.15, -0.1) is 0 Å². The van der Waals surface area contributed by atoms with Crippen LogP contribution in [0.1, 0.15) is 143 Å². The summed E-state index contributed by atoms with van der Waals surface area (Å²) in [7, 11) is 0. The molecule has 41 heavy (non-hydrogen) atoms. The SMILES string of the molecule is CCCCCCCC/C(=C/C(=O)[O-])C(=O)[O-].CCCCCCCC/C(=C/C(=O)[O-])C(=O)[O-].CCC[CH2][Sn+4][CH2]CCC. The second-order valence-corrected chi connectivity index (χ2v) is 14.3. The van der Waals surface area contributed by atoms with Gasteiger partial charge in [-0.3, -0.25) is 0 Å². The van der Waals surface area contributed by atoms with Crippen molar-refractivity contribution in [2.24, 2.45) is 0 Å². The fourth-order valence-electron chi connectivity index (χ4n) is 3.67. The summed E-state index contributed by atoms with van der Waals surface area (Å²) >= 11 is 0.149. The van der Waals surface area contributed by atoms with Gasteiger partial charge in [0.2, 0.25) is 0 Å². The van der Waals surface area contributed by atoms with Crippen LogP contribution in [0.2, 0.25) is 8.87 Å². The zero-order chi connectivity index (χ0) is 31.7. The Hall–Kier alpha value is -1.84. The number of carbonyl (C=O) groups is 4. The molecular weight excluding hydrogens is 631 g/mol. The van der Waals surface area contributed by atoms with Gasteiger partial charge in [0.05, 0.1) is 23.9 Å². The molecule has 0 aromatic rings. The standard InChI is InChI=1S/2C12H20O4.2C4H9.Sn/c2*1-2-3-4-5-6-7-8-10(12(15)16)9-11(13)14;2*1-3-4-2;/h2*9H,2-8H2,1H3,(H,13,14)(H,15,16);2*1,3-4H2,2H3;/q;;;;+4/p-4/b2*10-9-;;;. The Morgan fingerprint density at radius 1 is 0.463 bits per heavy atom. The molecule has 6 radical (unpaired) electrons. The quantitative estimate of drug-likeness (QED) is 0.0849. The Balaban J connectivity index is -0.000000551. The van der Waals surface area contributed by atoms with E-state index in [1.807, 2.05) is 0 Å². The first kappa shape index (κ1) is 43.6. The summed E-state index contributed by atoms with van der Waals surface area (Å²) in [6.45, 7) is 8.83. The van der Waals surface area contributed by atoms with Crippen molar-refractivity contribution < 1.29 is 39.6 Å². The molecule has 0 heterocycles. The molecule has 0 N–H and O–H groups in total. The van der Waals surface area contributed by atoms with Crippen molar-refractivity contribution in [1.82, 2.24) is 0 Å². The molecule has 0 bridgehead atoms. The van der Waals surface area contributed by atoms with Crippen molar-refractivity contribution in [1.29, 1.82) is 0 Å². The molecule has 234 valence electrons. The van der Waals surface area contributed by atoms with Crippen LogP contribution in [-0.2, 0) is 19.2 Å². The van der Waals surface area contributed by atoms with Crippen molar-refractivity contribution in [3.63, 3.8) is 0 Å². The van der Waals surface area contributed by atoms with E-state index in [0.717, 1.165) is 51.4 Å². The van der Waals surface area contributed by atoms with Crippen molar-refractivity contribution in [2.45, 2.75) is 152 Å². The molecule has 0 rings (SSSR count). The fraction of sp³-hybridized carbons (Fsp3) is 0.750. The number of hydrogen-bond acceptors (Lipinski definition) is 8. The van der Waals surface area contributed by atoms with Crippen LogP contribution in [0.5, 0.6) is 0 Å². The number of aliphatic carboxylic acids is 4. The molecule has 0 fully saturated rings.